The van der Waals surface area contributed by atoms with Crippen LogP contribution in [0.1, 0.15) is 77.1 Å². The number of sulfonamides is 1. The molecule has 38 heavy (non-hydrogen) atoms. The number of aryl methyl sites for hydroxylation is 2. The van der Waals surface area contributed by atoms with E-state index >= 15 is 4.39 Å². The number of nitrogens with one attached hydrogen (secondary N) is 1. The van der Waals surface area contributed by atoms with Gasteiger partial charge in [0.15, 0.2) is 0 Å². The fraction of sp³-hybridized carbons (Fsp3) is 0.464. The summed E-state index contributed by atoms with van der Waals surface area (Å²) in [5.74, 6) is -1.93. The standard InChI is InChI=1S/C28H30FN3O5S/c29-24-15-23-20(16-32(28(23)35)25-7-8-26(33)30-27(25)34)14-22(24)18-9-11-31(12-10-18)38(36,37)21-6-5-17-3-1-2-4-19(17)13-21/h5-6,13-15,18,25H,1-4,7-12,16H2,(H,30,33,34). The number of piperidine rings is 2. The number of carbonyl (C=O) groups excluding carboxylic acids is 3. The first kappa shape index (κ1) is 25.2. The third-order valence-corrected chi connectivity index (χ3v) is 10.4. The van der Waals surface area contributed by atoms with Crippen LogP contribution >= 0.6 is 0 Å². The van der Waals surface area contributed by atoms with E-state index in [1.807, 2.05) is 12.1 Å². The Morgan fingerprint density at radius 1 is 0.868 bits per heavy atom. The third kappa shape index (κ3) is 4.33. The first-order valence-corrected chi connectivity index (χ1v) is 14.8. The second-order valence-corrected chi connectivity index (χ2v) is 12.7. The van der Waals surface area contributed by atoms with Gasteiger partial charge in [0, 0.05) is 31.6 Å². The molecule has 0 radical (unpaired) electrons. The summed E-state index contributed by atoms with van der Waals surface area (Å²) in [4.78, 5) is 38.5. The molecule has 3 heterocycles. The minimum absolute atomic E-state index is 0.156. The molecule has 10 heteroatoms. The highest BCUT2D eigenvalue weighted by atomic mass is 32.2. The number of hydrogen-bond donors (Lipinski definition) is 1. The maximum Gasteiger partial charge on any atom is 0.255 e. The highest BCUT2D eigenvalue weighted by Gasteiger charge is 2.40. The van der Waals surface area contributed by atoms with E-state index < -0.39 is 33.7 Å². The van der Waals surface area contributed by atoms with E-state index in [9.17, 15) is 22.8 Å². The summed E-state index contributed by atoms with van der Waals surface area (Å²) >= 11 is 0. The predicted octanol–water partition coefficient (Wildman–Crippen LogP) is 3.03. The molecule has 3 amide bonds. The number of imide groups is 1. The summed E-state index contributed by atoms with van der Waals surface area (Å²) in [5, 5.41) is 2.27. The molecular formula is C28H30FN3O5S. The van der Waals surface area contributed by atoms with Crippen molar-refractivity contribution in [3.63, 3.8) is 0 Å². The zero-order valence-electron chi connectivity index (χ0n) is 21.0. The van der Waals surface area contributed by atoms with Gasteiger partial charge in [-0.15, -0.1) is 0 Å². The van der Waals surface area contributed by atoms with Gasteiger partial charge in [-0.2, -0.15) is 4.31 Å². The third-order valence-electron chi connectivity index (χ3n) is 8.49. The molecule has 1 unspecified atom stereocenters. The number of rotatable bonds is 4. The second kappa shape index (κ2) is 9.57. The molecule has 200 valence electrons. The van der Waals surface area contributed by atoms with Crippen molar-refractivity contribution in [3.8, 4) is 0 Å². The van der Waals surface area contributed by atoms with Gasteiger partial charge in [-0.05, 0) is 91.3 Å². The number of fused-ring (bicyclic) bond motifs is 2. The monoisotopic (exact) mass is 539 g/mol. The zero-order valence-corrected chi connectivity index (χ0v) is 21.9. The quantitative estimate of drug-likeness (QED) is 0.602. The van der Waals surface area contributed by atoms with E-state index in [1.54, 1.807) is 12.1 Å². The molecule has 2 fully saturated rings. The second-order valence-electron chi connectivity index (χ2n) is 10.7. The van der Waals surface area contributed by atoms with E-state index in [1.165, 1.54) is 20.8 Å². The average molecular weight is 540 g/mol. The van der Waals surface area contributed by atoms with Crippen molar-refractivity contribution in [2.75, 3.05) is 13.1 Å². The van der Waals surface area contributed by atoms with Crippen molar-refractivity contribution in [2.24, 2.45) is 0 Å². The number of nitrogens with zero attached hydrogens (tertiary/aromatic N) is 2. The Hall–Kier alpha value is -3.11. The molecule has 2 saturated heterocycles. The number of amides is 3. The van der Waals surface area contributed by atoms with Crippen LogP contribution in [-0.2, 0) is 39.0 Å². The normalized spacial score (nSPS) is 22.8. The topological polar surface area (TPSA) is 104 Å². The first-order valence-electron chi connectivity index (χ1n) is 13.3. The fourth-order valence-corrected chi connectivity index (χ4v) is 7.87. The van der Waals surface area contributed by atoms with E-state index in [-0.39, 0.29) is 36.8 Å². The van der Waals surface area contributed by atoms with Crippen LogP contribution in [0.3, 0.4) is 0 Å². The summed E-state index contributed by atoms with van der Waals surface area (Å²) in [6, 6.07) is 7.66. The Morgan fingerprint density at radius 2 is 1.61 bits per heavy atom. The van der Waals surface area contributed by atoms with Gasteiger partial charge >= 0.3 is 0 Å². The van der Waals surface area contributed by atoms with E-state index in [0.29, 0.717) is 42.0 Å². The number of benzene rings is 2. The Morgan fingerprint density at radius 3 is 2.34 bits per heavy atom. The highest BCUT2D eigenvalue weighted by molar-refractivity contribution is 7.89. The van der Waals surface area contributed by atoms with E-state index in [4.69, 9.17) is 0 Å². The van der Waals surface area contributed by atoms with Crippen LogP contribution in [0.4, 0.5) is 4.39 Å². The number of carbonyl (C=O) groups is 3. The molecule has 0 aromatic heterocycles. The molecule has 1 aliphatic carbocycles. The van der Waals surface area contributed by atoms with Gasteiger partial charge < -0.3 is 4.90 Å². The molecular weight excluding hydrogens is 509 g/mol. The van der Waals surface area contributed by atoms with Crippen molar-refractivity contribution >= 4 is 27.7 Å². The largest absolute Gasteiger partial charge is 0.322 e. The minimum atomic E-state index is -3.63. The van der Waals surface area contributed by atoms with Crippen LogP contribution in [-0.4, -0.2) is 54.5 Å². The van der Waals surface area contributed by atoms with Crippen molar-refractivity contribution in [1.29, 1.82) is 0 Å². The van der Waals surface area contributed by atoms with E-state index in [0.717, 1.165) is 31.2 Å². The average Bonchev–Trinajstić information content (AvgIpc) is 3.22. The predicted molar refractivity (Wildman–Crippen MR) is 136 cm³/mol. The van der Waals surface area contributed by atoms with Crippen LogP contribution in [0, 0.1) is 5.82 Å². The Balaban J connectivity index is 1.16. The number of hydrogen-bond acceptors (Lipinski definition) is 5. The molecule has 2 aromatic carbocycles. The maximum atomic E-state index is 15.2. The van der Waals surface area contributed by atoms with Crippen molar-refractivity contribution < 1.29 is 27.2 Å². The van der Waals surface area contributed by atoms with Gasteiger partial charge in [0.2, 0.25) is 21.8 Å². The van der Waals surface area contributed by atoms with Crippen LogP contribution < -0.4 is 5.32 Å². The zero-order chi connectivity index (χ0) is 26.6. The molecule has 8 nitrogen and oxygen atoms in total. The van der Waals surface area contributed by atoms with Crippen LogP contribution in [0.5, 0.6) is 0 Å². The molecule has 4 aliphatic rings. The lowest BCUT2D eigenvalue weighted by Crippen LogP contribution is -2.52. The lowest BCUT2D eigenvalue weighted by atomic mass is 9.88. The van der Waals surface area contributed by atoms with Crippen LogP contribution in [0.25, 0.3) is 0 Å². The van der Waals surface area contributed by atoms with Gasteiger partial charge in [0.25, 0.3) is 5.91 Å². The summed E-state index contributed by atoms with van der Waals surface area (Å²) < 4.78 is 43.4. The summed E-state index contributed by atoms with van der Waals surface area (Å²) in [6.07, 6.45) is 5.46. The van der Waals surface area contributed by atoms with Gasteiger partial charge in [0.05, 0.1) is 4.90 Å². The fourth-order valence-electron chi connectivity index (χ4n) is 6.35. The molecule has 2 aromatic rings. The molecule has 0 spiro atoms. The summed E-state index contributed by atoms with van der Waals surface area (Å²) in [7, 11) is -3.63. The van der Waals surface area contributed by atoms with Crippen LogP contribution in [0.15, 0.2) is 35.2 Å². The molecule has 0 bridgehead atoms. The Kier molecular flexibility index (Phi) is 6.34. The minimum Gasteiger partial charge on any atom is -0.322 e. The van der Waals surface area contributed by atoms with Crippen LogP contribution in [0.2, 0.25) is 0 Å². The van der Waals surface area contributed by atoms with Gasteiger partial charge in [-0.25, -0.2) is 12.8 Å². The lowest BCUT2D eigenvalue weighted by molar-refractivity contribution is -0.136. The molecule has 0 saturated carbocycles. The van der Waals surface area contributed by atoms with Gasteiger partial charge in [-0.3, -0.25) is 19.7 Å². The molecule has 1 N–H and O–H groups in total. The Bertz CT molecular complexity index is 1450. The highest BCUT2D eigenvalue weighted by Crippen LogP contribution is 2.37. The SMILES string of the molecule is O=C1CCC(N2Cc3cc(C4CCN(S(=O)(=O)c5ccc6c(c5)CCCC6)CC4)c(F)cc3C2=O)C(=O)N1. The van der Waals surface area contributed by atoms with Gasteiger partial charge in [0.1, 0.15) is 11.9 Å². The van der Waals surface area contributed by atoms with Crippen molar-refractivity contribution in [2.45, 2.75) is 74.8 Å². The summed E-state index contributed by atoms with van der Waals surface area (Å²) in [5.41, 5.74) is 3.72. The Labute approximate surface area is 221 Å². The van der Waals surface area contributed by atoms with Crippen molar-refractivity contribution in [3.05, 3.63) is 64.0 Å². The van der Waals surface area contributed by atoms with Gasteiger partial charge in [-0.1, -0.05) is 12.1 Å². The molecule has 3 aliphatic heterocycles. The smallest absolute Gasteiger partial charge is 0.255 e. The molecule has 6 rings (SSSR count). The first-order chi connectivity index (χ1) is 18.2. The molecule has 1 atom stereocenters. The van der Waals surface area contributed by atoms with E-state index in [2.05, 4.69) is 5.32 Å². The van der Waals surface area contributed by atoms with Crippen molar-refractivity contribution in [1.82, 2.24) is 14.5 Å². The summed E-state index contributed by atoms with van der Waals surface area (Å²) in [6.45, 7) is 0.767. The number of halogens is 1. The maximum absolute atomic E-state index is 15.2. The lowest BCUT2D eigenvalue weighted by Gasteiger charge is -2.32.